The molecule has 0 saturated carbocycles. The minimum Gasteiger partial charge on any atom is -0.381 e. The van der Waals surface area contributed by atoms with Gasteiger partial charge in [0.25, 0.3) is 0 Å². The second-order valence-electron chi connectivity index (χ2n) is 4.66. The summed E-state index contributed by atoms with van der Waals surface area (Å²) in [5.74, 6) is -0.221. The molecule has 4 nitrogen and oxygen atoms in total. The normalized spacial score (nSPS) is 24.4. The van der Waals surface area contributed by atoms with Gasteiger partial charge in [-0.2, -0.15) is 0 Å². The predicted octanol–water partition coefficient (Wildman–Crippen LogP) is 2.23. The van der Waals surface area contributed by atoms with E-state index in [0.717, 1.165) is 5.56 Å². The fourth-order valence-electron chi connectivity index (χ4n) is 2.39. The zero-order chi connectivity index (χ0) is 14.0. The van der Waals surface area contributed by atoms with Crippen LogP contribution < -0.4 is 5.14 Å². The molecule has 2 unspecified atom stereocenters. The summed E-state index contributed by atoms with van der Waals surface area (Å²) in [6, 6.07) is 5.22. The maximum Gasteiger partial charge on any atom is 0.212 e. The van der Waals surface area contributed by atoms with Crippen LogP contribution in [-0.4, -0.2) is 26.9 Å². The number of rotatable bonds is 3. The Balaban J connectivity index is 2.25. The molecule has 0 spiro atoms. The summed E-state index contributed by atoms with van der Waals surface area (Å²) in [5.41, 5.74) is 0.745. The van der Waals surface area contributed by atoms with E-state index in [0.29, 0.717) is 36.1 Å². The highest BCUT2D eigenvalue weighted by molar-refractivity contribution is 7.89. The summed E-state index contributed by atoms with van der Waals surface area (Å²) < 4.78 is 28.6. The topological polar surface area (TPSA) is 69.4 Å². The number of sulfonamides is 1. The number of hydrogen-bond acceptors (Lipinski definition) is 3. The van der Waals surface area contributed by atoms with E-state index in [2.05, 4.69) is 0 Å². The molecule has 0 aliphatic carbocycles. The largest absolute Gasteiger partial charge is 0.381 e. The zero-order valence-corrected chi connectivity index (χ0v) is 12.5. The first kappa shape index (κ1) is 15.1. The molecule has 0 amide bonds. The standard InChI is InChI=1S/C12H15Cl2NO3S/c13-10-2-1-3-11(14)9(10)6-8-7-18-5-4-12(8)19(15,16)17/h1-3,8,12H,4-7H2,(H2,15,16,17). The van der Waals surface area contributed by atoms with Crippen LogP contribution in [0, 0.1) is 5.92 Å². The molecule has 1 aliphatic rings. The average molecular weight is 324 g/mol. The Bertz CT molecular complexity index is 542. The van der Waals surface area contributed by atoms with Crippen LogP contribution in [0.3, 0.4) is 0 Å². The van der Waals surface area contributed by atoms with Gasteiger partial charge in [-0.1, -0.05) is 29.3 Å². The van der Waals surface area contributed by atoms with E-state index in [9.17, 15) is 8.42 Å². The van der Waals surface area contributed by atoms with E-state index >= 15 is 0 Å². The van der Waals surface area contributed by atoms with E-state index in [1.165, 1.54) is 0 Å². The van der Waals surface area contributed by atoms with Gasteiger partial charge in [-0.25, -0.2) is 13.6 Å². The van der Waals surface area contributed by atoms with Crippen LogP contribution in [0.25, 0.3) is 0 Å². The SMILES string of the molecule is NS(=O)(=O)C1CCOCC1Cc1c(Cl)cccc1Cl. The van der Waals surface area contributed by atoms with Crippen molar-refractivity contribution in [1.82, 2.24) is 0 Å². The predicted molar refractivity (Wildman–Crippen MR) is 76.0 cm³/mol. The third-order valence-corrected chi connectivity index (χ3v) is 5.53. The van der Waals surface area contributed by atoms with Crippen LogP contribution in [0.4, 0.5) is 0 Å². The lowest BCUT2D eigenvalue weighted by molar-refractivity contribution is 0.0573. The Labute approximate surface area is 122 Å². The number of hydrogen-bond donors (Lipinski definition) is 1. The first-order valence-electron chi connectivity index (χ1n) is 5.92. The van der Waals surface area contributed by atoms with E-state index in [1.807, 2.05) is 0 Å². The first-order valence-corrected chi connectivity index (χ1v) is 8.28. The number of halogens is 2. The molecule has 0 bridgehead atoms. The second-order valence-corrected chi connectivity index (χ2v) is 7.25. The fraction of sp³-hybridized carbons (Fsp3) is 0.500. The van der Waals surface area contributed by atoms with Crippen molar-refractivity contribution in [2.45, 2.75) is 18.1 Å². The molecule has 1 aliphatic heterocycles. The average Bonchev–Trinajstić information content (AvgIpc) is 2.33. The van der Waals surface area contributed by atoms with Gasteiger partial charge < -0.3 is 4.74 Å². The van der Waals surface area contributed by atoms with Crippen molar-refractivity contribution in [2.24, 2.45) is 11.1 Å². The molecule has 7 heteroatoms. The highest BCUT2D eigenvalue weighted by Crippen LogP contribution is 2.31. The van der Waals surface area contributed by atoms with Crippen LogP contribution in [0.2, 0.25) is 10.0 Å². The third-order valence-electron chi connectivity index (χ3n) is 3.35. The van der Waals surface area contributed by atoms with Crippen LogP contribution in [-0.2, 0) is 21.2 Å². The number of nitrogens with two attached hydrogens (primary N) is 1. The van der Waals surface area contributed by atoms with Gasteiger partial charge in [0, 0.05) is 22.6 Å². The summed E-state index contributed by atoms with van der Waals surface area (Å²) in [6.07, 6.45) is 0.852. The van der Waals surface area contributed by atoms with Crippen molar-refractivity contribution in [2.75, 3.05) is 13.2 Å². The van der Waals surface area contributed by atoms with Gasteiger partial charge in [0.2, 0.25) is 10.0 Å². The summed E-state index contributed by atoms with van der Waals surface area (Å²) in [6.45, 7) is 0.760. The Kier molecular flexibility index (Phi) is 4.74. The second kappa shape index (κ2) is 5.97. The van der Waals surface area contributed by atoms with Crippen molar-refractivity contribution < 1.29 is 13.2 Å². The smallest absolute Gasteiger partial charge is 0.212 e. The quantitative estimate of drug-likeness (QED) is 0.927. The lowest BCUT2D eigenvalue weighted by Crippen LogP contribution is -2.42. The van der Waals surface area contributed by atoms with Gasteiger partial charge >= 0.3 is 0 Å². The van der Waals surface area contributed by atoms with E-state index < -0.39 is 15.3 Å². The fourth-order valence-corrected chi connectivity index (χ4v) is 4.08. The van der Waals surface area contributed by atoms with Crippen molar-refractivity contribution >= 4 is 33.2 Å². The summed E-state index contributed by atoms with van der Waals surface area (Å²) in [4.78, 5) is 0. The molecule has 19 heavy (non-hydrogen) atoms. The number of benzene rings is 1. The molecule has 1 fully saturated rings. The van der Waals surface area contributed by atoms with Gasteiger partial charge in [0.1, 0.15) is 0 Å². The minimum atomic E-state index is -3.59. The molecule has 1 aromatic rings. The summed E-state index contributed by atoms with van der Waals surface area (Å²) in [7, 11) is -3.59. The van der Waals surface area contributed by atoms with Gasteiger partial charge in [0.15, 0.2) is 0 Å². The van der Waals surface area contributed by atoms with Crippen molar-refractivity contribution in [3.63, 3.8) is 0 Å². The van der Waals surface area contributed by atoms with Gasteiger partial charge in [-0.3, -0.25) is 0 Å². The van der Waals surface area contributed by atoms with Crippen LogP contribution in [0.5, 0.6) is 0 Å². The minimum absolute atomic E-state index is 0.221. The molecule has 2 atom stereocenters. The van der Waals surface area contributed by atoms with Gasteiger partial charge in [-0.05, 0) is 30.5 Å². The number of primary sulfonamides is 1. The van der Waals surface area contributed by atoms with Crippen LogP contribution in [0.15, 0.2) is 18.2 Å². The Morgan fingerprint density at radius 1 is 1.32 bits per heavy atom. The van der Waals surface area contributed by atoms with Crippen LogP contribution >= 0.6 is 23.2 Å². The lowest BCUT2D eigenvalue weighted by Gasteiger charge is -2.30. The van der Waals surface area contributed by atoms with Crippen molar-refractivity contribution in [3.05, 3.63) is 33.8 Å². The maximum absolute atomic E-state index is 11.6. The summed E-state index contributed by atoms with van der Waals surface area (Å²) >= 11 is 12.2. The maximum atomic E-state index is 11.6. The highest BCUT2D eigenvalue weighted by atomic mass is 35.5. The van der Waals surface area contributed by atoms with E-state index in [4.69, 9.17) is 33.1 Å². The molecule has 1 saturated heterocycles. The van der Waals surface area contributed by atoms with Crippen LogP contribution in [0.1, 0.15) is 12.0 Å². The Morgan fingerprint density at radius 2 is 1.95 bits per heavy atom. The Morgan fingerprint density at radius 3 is 2.53 bits per heavy atom. The molecular formula is C12H15Cl2NO3S. The van der Waals surface area contributed by atoms with Crippen molar-refractivity contribution in [3.8, 4) is 0 Å². The molecular weight excluding hydrogens is 309 g/mol. The Hall–Kier alpha value is -0.330. The molecule has 1 heterocycles. The molecule has 2 rings (SSSR count). The molecule has 2 N–H and O–H groups in total. The summed E-state index contributed by atoms with van der Waals surface area (Å²) in [5, 5.41) is 5.74. The van der Waals surface area contributed by atoms with E-state index in [1.54, 1.807) is 18.2 Å². The molecule has 106 valence electrons. The number of ether oxygens (including phenoxy) is 1. The van der Waals surface area contributed by atoms with Gasteiger partial charge in [0.05, 0.1) is 11.9 Å². The molecule has 0 aromatic heterocycles. The molecule has 0 radical (unpaired) electrons. The highest BCUT2D eigenvalue weighted by Gasteiger charge is 2.34. The van der Waals surface area contributed by atoms with E-state index in [-0.39, 0.29) is 5.92 Å². The third kappa shape index (κ3) is 3.61. The molecule has 1 aromatic carbocycles. The monoisotopic (exact) mass is 323 g/mol. The van der Waals surface area contributed by atoms with Crippen molar-refractivity contribution in [1.29, 1.82) is 0 Å². The zero-order valence-electron chi connectivity index (χ0n) is 10.2. The first-order chi connectivity index (χ1) is 8.89. The van der Waals surface area contributed by atoms with Gasteiger partial charge in [-0.15, -0.1) is 0 Å². The lowest BCUT2D eigenvalue weighted by atomic mass is 9.93.